The normalized spacial score (nSPS) is 10.3. The molecule has 18 heavy (non-hydrogen) atoms. The summed E-state index contributed by atoms with van der Waals surface area (Å²) in [7, 11) is 1.61. The number of nitrogens with two attached hydrogens (primary N) is 1. The van der Waals surface area contributed by atoms with E-state index < -0.39 is 0 Å². The van der Waals surface area contributed by atoms with Gasteiger partial charge in [-0.3, -0.25) is 0 Å². The van der Waals surface area contributed by atoms with Crippen LogP contribution in [0.5, 0.6) is 5.88 Å². The van der Waals surface area contributed by atoms with Crippen LogP contribution in [0.4, 0.5) is 5.69 Å². The van der Waals surface area contributed by atoms with Gasteiger partial charge < -0.3 is 15.8 Å². The number of pyridine rings is 1. The summed E-state index contributed by atoms with van der Waals surface area (Å²) in [5.74, 6) is 0.631. The molecule has 0 radical (unpaired) electrons. The maximum atomic E-state index is 5.87. The van der Waals surface area contributed by atoms with Crippen LogP contribution in [0.1, 0.15) is 11.1 Å². The summed E-state index contributed by atoms with van der Waals surface area (Å²) < 4.78 is 5.01. The van der Waals surface area contributed by atoms with Crippen molar-refractivity contribution in [1.29, 1.82) is 0 Å². The Labute approximate surface area is 107 Å². The number of aromatic nitrogens is 1. The Balaban J connectivity index is 1.86. The second kappa shape index (κ2) is 6.02. The van der Waals surface area contributed by atoms with E-state index in [4.69, 9.17) is 10.5 Å². The fourth-order valence-corrected chi connectivity index (χ4v) is 1.67. The molecule has 0 aliphatic rings. The molecule has 2 rings (SSSR count). The minimum atomic E-state index is 0.631. The van der Waals surface area contributed by atoms with E-state index in [1.165, 1.54) is 0 Å². The molecule has 4 heteroatoms. The largest absolute Gasteiger partial charge is 0.481 e. The number of para-hydroxylation sites is 1. The number of nitrogens with zero attached hydrogens (tertiary/aromatic N) is 1. The molecule has 0 bridgehead atoms. The van der Waals surface area contributed by atoms with Crippen molar-refractivity contribution < 1.29 is 4.74 Å². The van der Waals surface area contributed by atoms with Crippen molar-refractivity contribution in [1.82, 2.24) is 10.3 Å². The highest BCUT2D eigenvalue weighted by molar-refractivity contribution is 5.46. The molecule has 0 saturated carbocycles. The minimum Gasteiger partial charge on any atom is -0.481 e. The van der Waals surface area contributed by atoms with Crippen LogP contribution < -0.4 is 15.8 Å². The number of rotatable bonds is 5. The Kier molecular flexibility index (Phi) is 4.15. The summed E-state index contributed by atoms with van der Waals surface area (Å²) in [6, 6.07) is 11.7. The van der Waals surface area contributed by atoms with E-state index >= 15 is 0 Å². The van der Waals surface area contributed by atoms with Gasteiger partial charge in [0.25, 0.3) is 0 Å². The first-order valence-electron chi connectivity index (χ1n) is 5.82. The number of anilines is 1. The third-order valence-electron chi connectivity index (χ3n) is 2.71. The van der Waals surface area contributed by atoms with Crippen LogP contribution in [0.15, 0.2) is 42.6 Å². The number of hydrogen-bond donors (Lipinski definition) is 2. The van der Waals surface area contributed by atoms with Crippen molar-refractivity contribution in [2.45, 2.75) is 13.1 Å². The van der Waals surface area contributed by atoms with E-state index in [1.54, 1.807) is 13.3 Å². The first-order chi connectivity index (χ1) is 8.79. The summed E-state index contributed by atoms with van der Waals surface area (Å²) in [4.78, 5) is 4.15. The minimum absolute atomic E-state index is 0.631. The second-order valence-corrected chi connectivity index (χ2v) is 4.01. The van der Waals surface area contributed by atoms with Crippen molar-refractivity contribution in [2.75, 3.05) is 12.8 Å². The average molecular weight is 243 g/mol. The highest BCUT2D eigenvalue weighted by atomic mass is 16.5. The number of benzene rings is 1. The van der Waals surface area contributed by atoms with Crippen LogP contribution in [-0.4, -0.2) is 12.1 Å². The molecule has 0 spiro atoms. The van der Waals surface area contributed by atoms with Gasteiger partial charge in [-0.2, -0.15) is 0 Å². The number of nitrogens with one attached hydrogen (secondary N) is 1. The van der Waals surface area contributed by atoms with E-state index in [2.05, 4.69) is 10.3 Å². The lowest BCUT2D eigenvalue weighted by Gasteiger charge is -2.07. The van der Waals surface area contributed by atoms with E-state index in [9.17, 15) is 0 Å². The van der Waals surface area contributed by atoms with Gasteiger partial charge in [0.2, 0.25) is 5.88 Å². The zero-order valence-corrected chi connectivity index (χ0v) is 10.4. The molecule has 0 aliphatic carbocycles. The lowest BCUT2D eigenvalue weighted by Crippen LogP contribution is -2.14. The van der Waals surface area contributed by atoms with Crippen molar-refractivity contribution in [3.8, 4) is 5.88 Å². The molecule has 4 nitrogen and oxygen atoms in total. The fraction of sp³-hybridized carbons (Fsp3) is 0.214. The summed E-state index contributed by atoms with van der Waals surface area (Å²) in [5, 5.41) is 3.34. The number of ether oxygens (including phenoxy) is 1. The monoisotopic (exact) mass is 243 g/mol. The van der Waals surface area contributed by atoms with Crippen LogP contribution in [0.2, 0.25) is 0 Å². The van der Waals surface area contributed by atoms with Crippen LogP contribution in [0, 0.1) is 0 Å². The molecule has 3 N–H and O–H groups in total. The molecule has 0 unspecified atom stereocenters. The Morgan fingerprint density at radius 2 is 2.00 bits per heavy atom. The van der Waals surface area contributed by atoms with E-state index in [-0.39, 0.29) is 0 Å². The van der Waals surface area contributed by atoms with Gasteiger partial charge in [0.1, 0.15) is 0 Å². The molecule has 94 valence electrons. The quantitative estimate of drug-likeness (QED) is 0.788. The molecule has 1 aromatic carbocycles. The first kappa shape index (κ1) is 12.4. The van der Waals surface area contributed by atoms with Gasteiger partial charge in [0.05, 0.1) is 7.11 Å². The number of hydrogen-bond acceptors (Lipinski definition) is 4. The maximum absolute atomic E-state index is 5.87. The molecule has 1 heterocycles. The SMILES string of the molecule is COc1ccc(CNCc2ccccc2N)cn1. The number of nitrogen functional groups attached to an aromatic ring is 1. The van der Waals surface area contributed by atoms with Crippen molar-refractivity contribution in [3.63, 3.8) is 0 Å². The smallest absolute Gasteiger partial charge is 0.212 e. The highest BCUT2D eigenvalue weighted by Crippen LogP contribution is 2.10. The average Bonchev–Trinajstić information content (AvgIpc) is 2.42. The Morgan fingerprint density at radius 1 is 1.17 bits per heavy atom. The van der Waals surface area contributed by atoms with Gasteiger partial charge in [-0.1, -0.05) is 24.3 Å². The standard InChI is InChI=1S/C14H17N3O/c1-18-14-7-6-11(9-17-14)8-16-10-12-4-2-3-5-13(12)15/h2-7,9,16H,8,10,15H2,1H3. The summed E-state index contributed by atoms with van der Waals surface area (Å²) in [6.45, 7) is 1.50. The number of methoxy groups -OCH3 is 1. The molecule has 0 amide bonds. The van der Waals surface area contributed by atoms with Gasteiger partial charge in [0, 0.05) is 31.0 Å². The molecule has 0 fully saturated rings. The zero-order valence-electron chi connectivity index (χ0n) is 10.4. The van der Waals surface area contributed by atoms with Gasteiger partial charge in [0.15, 0.2) is 0 Å². The van der Waals surface area contributed by atoms with Crippen LogP contribution in [-0.2, 0) is 13.1 Å². The summed E-state index contributed by atoms with van der Waals surface area (Å²) in [6.07, 6.45) is 1.81. The molecule has 1 aromatic heterocycles. The highest BCUT2D eigenvalue weighted by Gasteiger charge is 1.98. The summed E-state index contributed by atoms with van der Waals surface area (Å²) >= 11 is 0. The lowest BCUT2D eigenvalue weighted by molar-refractivity contribution is 0.397. The molecule has 0 aliphatic heterocycles. The predicted octanol–water partition coefficient (Wildman–Crippen LogP) is 1.96. The van der Waals surface area contributed by atoms with Crippen molar-refractivity contribution in [2.24, 2.45) is 0 Å². The first-order valence-corrected chi connectivity index (χ1v) is 5.82. The zero-order chi connectivity index (χ0) is 12.8. The summed E-state index contributed by atoms with van der Waals surface area (Å²) in [5.41, 5.74) is 8.91. The predicted molar refractivity (Wildman–Crippen MR) is 72.2 cm³/mol. The fourth-order valence-electron chi connectivity index (χ4n) is 1.67. The Bertz CT molecular complexity index is 497. The topological polar surface area (TPSA) is 60.2 Å². The van der Waals surface area contributed by atoms with Crippen molar-refractivity contribution >= 4 is 5.69 Å². The van der Waals surface area contributed by atoms with Crippen LogP contribution >= 0.6 is 0 Å². The molecule has 0 atom stereocenters. The van der Waals surface area contributed by atoms with Crippen LogP contribution in [0.3, 0.4) is 0 Å². The van der Waals surface area contributed by atoms with Crippen LogP contribution in [0.25, 0.3) is 0 Å². The molecular weight excluding hydrogens is 226 g/mol. The lowest BCUT2D eigenvalue weighted by atomic mass is 10.2. The molecular formula is C14H17N3O. The molecule has 2 aromatic rings. The maximum Gasteiger partial charge on any atom is 0.212 e. The van der Waals surface area contributed by atoms with Gasteiger partial charge in [-0.15, -0.1) is 0 Å². The third-order valence-corrected chi connectivity index (χ3v) is 2.71. The third kappa shape index (κ3) is 3.21. The second-order valence-electron chi connectivity index (χ2n) is 4.01. The van der Waals surface area contributed by atoms with E-state index in [0.717, 1.165) is 29.9 Å². The van der Waals surface area contributed by atoms with E-state index in [0.29, 0.717) is 5.88 Å². The van der Waals surface area contributed by atoms with Crippen molar-refractivity contribution in [3.05, 3.63) is 53.7 Å². The Hall–Kier alpha value is -2.07. The van der Waals surface area contributed by atoms with Gasteiger partial charge in [-0.05, 0) is 17.2 Å². The molecule has 0 saturated heterocycles. The van der Waals surface area contributed by atoms with E-state index in [1.807, 2.05) is 36.4 Å². The Morgan fingerprint density at radius 3 is 2.67 bits per heavy atom. The van der Waals surface area contributed by atoms with Gasteiger partial charge >= 0.3 is 0 Å². The van der Waals surface area contributed by atoms with Gasteiger partial charge in [-0.25, -0.2) is 4.98 Å².